The molecule has 1 unspecified atom stereocenters. The molecule has 1 aromatic heterocycles. The van der Waals surface area contributed by atoms with E-state index in [-0.39, 0.29) is 12.5 Å². The minimum Gasteiger partial charge on any atom is -0.481 e. The van der Waals surface area contributed by atoms with Crippen molar-refractivity contribution < 1.29 is 24.5 Å². The smallest absolute Gasteiger partial charge is 0.321 e. The Hall–Kier alpha value is -2.42. The van der Waals surface area contributed by atoms with Crippen LogP contribution in [0.1, 0.15) is 19.0 Å². The molecular weight excluding hydrogens is 280 g/mol. The van der Waals surface area contributed by atoms with Gasteiger partial charge in [-0.1, -0.05) is 0 Å². The lowest BCUT2D eigenvalue weighted by molar-refractivity contribution is -0.141. The van der Waals surface area contributed by atoms with Crippen molar-refractivity contribution in [3.8, 4) is 5.88 Å². The predicted molar refractivity (Wildman–Crippen MR) is 73.2 cm³/mol. The molecule has 0 spiro atoms. The van der Waals surface area contributed by atoms with Crippen molar-refractivity contribution in [3.63, 3.8) is 0 Å². The maximum absolute atomic E-state index is 11.7. The molecule has 0 bridgehead atoms. The standard InChI is InChI=1S/C12H18N4O5/c1-7-4-8(21-3)15-10(14-7)16-11(19)13-6-12(2,20)5-9(17)18/h4,20H,5-6H2,1-3H3,(H,17,18)(H2,13,14,15,16,19). The molecule has 4 N–H and O–H groups in total. The van der Waals surface area contributed by atoms with E-state index in [1.807, 2.05) is 0 Å². The molecule has 0 saturated heterocycles. The Morgan fingerprint density at radius 1 is 1.43 bits per heavy atom. The highest BCUT2D eigenvalue weighted by Crippen LogP contribution is 2.11. The monoisotopic (exact) mass is 298 g/mol. The largest absolute Gasteiger partial charge is 0.481 e. The first-order chi connectivity index (χ1) is 9.71. The van der Waals surface area contributed by atoms with Crippen molar-refractivity contribution in [3.05, 3.63) is 11.8 Å². The number of carboxylic acid groups (broad SMARTS) is 1. The zero-order chi connectivity index (χ0) is 16.0. The molecule has 0 saturated carbocycles. The topological polar surface area (TPSA) is 134 Å². The van der Waals surface area contributed by atoms with Gasteiger partial charge in [0.1, 0.15) is 0 Å². The molecule has 1 aromatic rings. The van der Waals surface area contributed by atoms with Crippen LogP contribution in [0.5, 0.6) is 5.88 Å². The van der Waals surface area contributed by atoms with Crippen molar-refractivity contribution in [2.75, 3.05) is 19.0 Å². The van der Waals surface area contributed by atoms with E-state index in [2.05, 4.69) is 20.6 Å². The molecule has 0 fully saturated rings. The molecule has 0 aliphatic carbocycles. The zero-order valence-electron chi connectivity index (χ0n) is 12.0. The van der Waals surface area contributed by atoms with Crippen molar-refractivity contribution in [1.29, 1.82) is 0 Å². The van der Waals surface area contributed by atoms with Crippen LogP contribution in [-0.2, 0) is 4.79 Å². The van der Waals surface area contributed by atoms with Crippen LogP contribution < -0.4 is 15.4 Å². The van der Waals surface area contributed by atoms with Gasteiger partial charge in [0, 0.05) is 18.3 Å². The van der Waals surface area contributed by atoms with Gasteiger partial charge in [0.15, 0.2) is 0 Å². The van der Waals surface area contributed by atoms with Crippen LogP contribution in [0.25, 0.3) is 0 Å². The van der Waals surface area contributed by atoms with Gasteiger partial charge >= 0.3 is 12.0 Å². The Kier molecular flexibility index (Phi) is 5.42. The van der Waals surface area contributed by atoms with E-state index in [1.165, 1.54) is 14.0 Å². The summed E-state index contributed by atoms with van der Waals surface area (Å²) in [4.78, 5) is 30.1. The molecule has 0 aliphatic rings. The Balaban J connectivity index is 2.58. The number of aromatic nitrogens is 2. The quantitative estimate of drug-likeness (QED) is 0.587. The molecule has 2 amide bonds. The molecule has 1 atom stereocenters. The number of carbonyl (C=O) groups is 2. The number of rotatable bonds is 6. The summed E-state index contributed by atoms with van der Waals surface area (Å²) >= 11 is 0. The molecule has 0 aliphatic heterocycles. The number of carbonyl (C=O) groups excluding carboxylic acids is 1. The van der Waals surface area contributed by atoms with Crippen LogP contribution >= 0.6 is 0 Å². The third-order valence-corrected chi connectivity index (χ3v) is 2.43. The Morgan fingerprint density at radius 3 is 2.67 bits per heavy atom. The van der Waals surface area contributed by atoms with Gasteiger partial charge in [-0.15, -0.1) is 0 Å². The minimum atomic E-state index is -1.55. The van der Waals surface area contributed by atoms with Gasteiger partial charge in [0.2, 0.25) is 11.8 Å². The fourth-order valence-electron chi connectivity index (χ4n) is 1.50. The summed E-state index contributed by atoms with van der Waals surface area (Å²) in [6.07, 6.45) is -0.484. The lowest BCUT2D eigenvalue weighted by atomic mass is 10.0. The van der Waals surface area contributed by atoms with Crippen LogP contribution in [0.4, 0.5) is 10.7 Å². The second kappa shape index (κ2) is 6.84. The van der Waals surface area contributed by atoms with Crippen molar-refractivity contribution in [2.45, 2.75) is 25.9 Å². The van der Waals surface area contributed by atoms with Gasteiger partial charge in [0.25, 0.3) is 0 Å². The lowest BCUT2D eigenvalue weighted by Gasteiger charge is -2.21. The average Bonchev–Trinajstić information content (AvgIpc) is 2.34. The second-order valence-corrected chi connectivity index (χ2v) is 4.75. The number of nitrogens with one attached hydrogen (secondary N) is 2. The highest BCUT2D eigenvalue weighted by atomic mass is 16.5. The first kappa shape index (κ1) is 16.6. The molecule has 21 heavy (non-hydrogen) atoms. The number of ether oxygens (including phenoxy) is 1. The van der Waals surface area contributed by atoms with Gasteiger partial charge in [-0.25, -0.2) is 9.78 Å². The maximum Gasteiger partial charge on any atom is 0.321 e. The Bertz CT molecular complexity index is 532. The van der Waals surface area contributed by atoms with Crippen LogP contribution in [0, 0.1) is 6.92 Å². The SMILES string of the molecule is COc1cc(C)nc(NC(=O)NCC(C)(O)CC(=O)O)n1. The van der Waals surface area contributed by atoms with E-state index in [0.717, 1.165) is 0 Å². The van der Waals surface area contributed by atoms with E-state index < -0.39 is 24.0 Å². The third-order valence-electron chi connectivity index (χ3n) is 2.43. The summed E-state index contributed by atoms with van der Waals surface area (Å²) in [5.41, 5.74) is -0.941. The zero-order valence-corrected chi connectivity index (χ0v) is 12.0. The highest BCUT2D eigenvalue weighted by molar-refractivity contribution is 5.87. The molecule has 0 radical (unpaired) electrons. The number of urea groups is 1. The fraction of sp³-hybridized carbons (Fsp3) is 0.500. The Morgan fingerprint density at radius 2 is 2.10 bits per heavy atom. The van der Waals surface area contributed by atoms with E-state index >= 15 is 0 Å². The average molecular weight is 298 g/mol. The first-order valence-corrected chi connectivity index (χ1v) is 6.10. The number of nitrogens with zero attached hydrogens (tertiary/aromatic N) is 2. The van der Waals surface area contributed by atoms with Crippen molar-refractivity contribution in [2.24, 2.45) is 0 Å². The second-order valence-electron chi connectivity index (χ2n) is 4.75. The number of anilines is 1. The van der Waals surface area contributed by atoms with E-state index in [9.17, 15) is 14.7 Å². The molecule has 1 heterocycles. The summed E-state index contributed by atoms with van der Waals surface area (Å²) in [6.45, 7) is 2.80. The summed E-state index contributed by atoms with van der Waals surface area (Å²) in [7, 11) is 1.44. The van der Waals surface area contributed by atoms with Gasteiger partial charge < -0.3 is 20.3 Å². The van der Waals surface area contributed by atoms with Crippen LogP contribution in [0.2, 0.25) is 0 Å². The van der Waals surface area contributed by atoms with E-state index in [1.54, 1.807) is 13.0 Å². The van der Waals surface area contributed by atoms with Crippen LogP contribution in [-0.4, -0.2) is 51.4 Å². The third kappa shape index (κ3) is 6.04. The summed E-state index contributed by atoms with van der Waals surface area (Å²) in [5.74, 6) is -0.813. The van der Waals surface area contributed by atoms with E-state index in [0.29, 0.717) is 11.6 Å². The summed E-state index contributed by atoms with van der Waals surface area (Å²) in [5, 5.41) is 23.1. The number of aliphatic hydroxyl groups is 1. The van der Waals surface area contributed by atoms with E-state index in [4.69, 9.17) is 9.84 Å². The number of aryl methyl sites for hydroxylation is 1. The van der Waals surface area contributed by atoms with Crippen LogP contribution in [0.15, 0.2) is 6.07 Å². The van der Waals surface area contributed by atoms with Crippen molar-refractivity contribution in [1.82, 2.24) is 15.3 Å². The van der Waals surface area contributed by atoms with Gasteiger partial charge in [-0.05, 0) is 13.8 Å². The number of methoxy groups -OCH3 is 1. The predicted octanol–water partition coefficient (Wildman–Crippen LogP) is 0.141. The molecule has 9 nitrogen and oxygen atoms in total. The number of hydrogen-bond acceptors (Lipinski definition) is 6. The highest BCUT2D eigenvalue weighted by Gasteiger charge is 2.24. The normalized spacial score (nSPS) is 13.1. The number of amides is 2. The molecular formula is C12H18N4O5. The number of aliphatic carboxylic acids is 1. The van der Waals surface area contributed by atoms with Crippen LogP contribution in [0.3, 0.4) is 0 Å². The van der Waals surface area contributed by atoms with Gasteiger partial charge in [0.05, 0.1) is 19.1 Å². The first-order valence-electron chi connectivity index (χ1n) is 6.10. The molecule has 0 aromatic carbocycles. The molecule has 116 valence electrons. The molecule has 1 rings (SSSR count). The summed E-state index contributed by atoms with van der Waals surface area (Å²) < 4.78 is 4.95. The van der Waals surface area contributed by atoms with Crippen molar-refractivity contribution >= 4 is 17.9 Å². The van der Waals surface area contributed by atoms with Gasteiger partial charge in [-0.3, -0.25) is 10.1 Å². The molecule has 9 heteroatoms. The fourth-order valence-corrected chi connectivity index (χ4v) is 1.50. The maximum atomic E-state index is 11.7. The van der Waals surface area contributed by atoms with Gasteiger partial charge in [-0.2, -0.15) is 4.98 Å². The summed E-state index contributed by atoms with van der Waals surface area (Å²) in [6, 6.07) is 0.939. The minimum absolute atomic E-state index is 0.0437. The lowest BCUT2D eigenvalue weighted by Crippen LogP contribution is -2.43. The number of hydrogen-bond donors (Lipinski definition) is 4. The number of carboxylic acids is 1. The Labute approximate surface area is 121 Å².